The Labute approximate surface area is 217 Å². The molecule has 11 nitrogen and oxygen atoms in total. The summed E-state index contributed by atoms with van der Waals surface area (Å²) < 4.78 is 29.7. The Kier molecular flexibility index (Phi) is 26.6. The van der Waals surface area contributed by atoms with Gasteiger partial charge < -0.3 is 25.1 Å². The normalized spacial score (nSPS) is 8.77. The van der Waals surface area contributed by atoms with Crippen LogP contribution in [-0.2, 0) is 19.1 Å². The van der Waals surface area contributed by atoms with Gasteiger partial charge in [-0.15, -0.1) is 0 Å². The lowest BCUT2D eigenvalue weighted by Gasteiger charge is -1.97. The van der Waals surface area contributed by atoms with Crippen LogP contribution >= 0.6 is 28.1 Å². The number of esters is 2. The Balaban J connectivity index is -0.000000439. The van der Waals surface area contributed by atoms with Crippen LogP contribution in [0.15, 0.2) is 48.0 Å². The van der Waals surface area contributed by atoms with E-state index in [1.54, 1.807) is 44.7 Å². The maximum Gasteiger partial charge on any atom is 0.330 e. The highest BCUT2D eigenvalue weighted by atomic mass is 79.9. The van der Waals surface area contributed by atoms with Gasteiger partial charge in [-0.1, -0.05) is 6.58 Å². The SMILES string of the molecule is C=CC(=O)OCC.CCOC(=O)/C=C/c1cnc(OC)nc1.COc1ncc(Br)cn1.CSF.N. The van der Waals surface area contributed by atoms with Gasteiger partial charge in [-0.3, -0.25) is 0 Å². The second-order valence-corrected chi connectivity index (χ2v) is 6.31. The first-order valence-electron chi connectivity index (χ1n) is 9.47. The van der Waals surface area contributed by atoms with Crippen molar-refractivity contribution in [1.29, 1.82) is 0 Å². The van der Waals surface area contributed by atoms with Crippen molar-refractivity contribution in [3.63, 3.8) is 0 Å². The average Bonchev–Trinajstić information content (AvgIpc) is 2.85. The van der Waals surface area contributed by atoms with Crippen LogP contribution in [0.25, 0.3) is 6.08 Å². The van der Waals surface area contributed by atoms with Gasteiger partial charge in [-0.25, -0.2) is 29.5 Å². The summed E-state index contributed by atoms with van der Waals surface area (Å²) in [5.74, 6) is -0.740. The second kappa shape index (κ2) is 25.5. The quantitative estimate of drug-likeness (QED) is 0.363. The van der Waals surface area contributed by atoms with Crippen LogP contribution in [0.4, 0.5) is 3.89 Å². The van der Waals surface area contributed by atoms with Crippen LogP contribution < -0.4 is 15.6 Å². The van der Waals surface area contributed by atoms with Gasteiger partial charge in [0.1, 0.15) is 0 Å². The lowest BCUT2D eigenvalue weighted by molar-refractivity contribution is -0.138. The van der Waals surface area contributed by atoms with E-state index in [0.717, 1.165) is 10.5 Å². The highest BCUT2D eigenvalue weighted by Gasteiger charge is 1.96. The predicted molar refractivity (Wildman–Crippen MR) is 137 cm³/mol. The molecule has 0 aromatic carbocycles. The zero-order valence-electron chi connectivity index (χ0n) is 20.3. The molecule has 14 heteroatoms. The maximum atomic E-state index is 11.0. The average molecular weight is 580 g/mol. The highest BCUT2D eigenvalue weighted by Crippen LogP contribution is 2.07. The first kappa shape index (κ1) is 36.5. The van der Waals surface area contributed by atoms with Crippen molar-refractivity contribution < 1.29 is 32.4 Å². The molecule has 0 fully saturated rings. The van der Waals surface area contributed by atoms with Gasteiger partial charge in [0, 0.05) is 60.9 Å². The van der Waals surface area contributed by atoms with E-state index in [-0.39, 0.29) is 30.2 Å². The smallest absolute Gasteiger partial charge is 0.330 e. The van der Waals surface area contributed by atoms with Crippen LogP contribution in [0.1, 0.15) is 19.4 Å². The molecule has 0 aliphatic carbocycles. The first-order valence-corrected chi connectivity index (χ1v) is 11.4. The molecule has 0 saturated heterocycles. The van der Waals surface area contributed by atoms with Crippen molar-refractivity contribution in [2.45, 2.75) is 13.8 Å². The second-order valence-electron chi connectivity index (χ2n) is 5.09. The molecule has 2 aromatic heterocycles. The minimum Gasteiger partial charge on any atom is -0.467 e. The Morgan fingerprint density at radius 2 is 1.37 bits per heavy atom. The monoisotopic (exact) mass is 579 g/mol. The third-order valence-electron chi connectivity index (χ3n) is 2.76. The summed E-state index contributed by atoms with van der Waals surface area (Å²) in [4.78, 5) is 36.4. The van der Waals surface area contributed by atoms with Crippen molar-refractivity contribution in [1.82, 2.24) is 26.1 Å². The number of rotatable bonds is 7. The lowest BCUT2D eigenvalue weighted by Crippen LogP contribution is -1.98. The summed E-state index contributed by atoms with van der Waals surface area (Å²) in [5, 5.41) is 0. The molecule has 0 unspecified atom stereocenters. The van der Waals surface area contributed by atoms with Crippen LogP contribution in [0, 0.1) is 0 Å². The van der Waals surface area contributed by atoms with Crippen LogP contribution in [0.5, 0.6) is 12.0 Å². The molecule has 0 radical (unpaired) electrons. The van der Waals surface area contributed by atoms with Gasteiger partial charge in [0.15, 0.2) is 0 Å². The molecule has 196 valence electrons. The van der Waals surface area contributed by atoms with E-state index in [4.69, 9.17) is 14.2 Å². The third kappa shape index (κ3) is 22.5. The molecular weight excluding hydrogens is 549 g/mol. The van der Waals surface area contributed by atoms with E-state index in [9.17, 15) is 13.5 Å². The predicted octanol–water partition coefficient (Wildman–Crippen LogP) is 4.44. The molecular formula is C21H31BrFN5O6S. The molecule has 0 amide bonds. The highest BCUT2D eigenvalue weighted by molar-refractivity contribution is 9.10. The number of halogens is 2. The molecule has 35 heavy (non-hydrogen) atoms. The van der Waals surface area contributed by atoms with Crippen molar-refractivity contribution in [3.05, 3.63) is 53.6 Å². The van der Waals surface area contributed by atoms with Gasteiger partial charge in [0.05, 0.1) is 31.9 Å². The summed E-state index contributed by atoms with van der Waals surface area (Å²) in [6, 6.07) is 0.682. The van der Waals surface area contributed by atoms with E-state index < -0.39 is 0 Å². The number of methoxy groups -OCH3 is 2. The van der Waals surface area contributed by atoms with Gasteiger partial charge in [0.2, 0.25) is 0 Å². The Morgan fingerprint density at radius 3 is 1.71 bits per heavy atom. The summed E-state index contributed by atoms with van der Waals surface area (Å²) in [7, 11) is 3.02. The molecule has 0 aliphatic heterocycles. The molecule has 3 N–H and O–H groups in total. The zero-order chi connectivity index (χ0) is 26.2. The van der Waals surface area contributed by atoms with E-state index in [2.05, 4.69) is 47.2 Å². The Hall–Kier alpha value is -3.10. The van der Waals surface area contributed by atoms with E-state index >= 15 is 0 Å². The fourth-order valence-electron chi connectivity index (χ4n) is 1.48. The largest absolute Gasteiger partial charge is 0.467 e. The zero-order valence-corrected chi connectivity index (χ0v) is 22.7. The number of nitrogens with zero attached hydrogens (tertiary/aromatic N) is 4. The summed E-state index contributed by atoms with van der Waals surface area (Å²) in [6.07, 6.45) is 11.8. The van der Waals surface area contributed by atoms with Gasteiger partial charge >= 0.3 is 24.0 Å². The van der Waals surface area contributed by atoms with E-state index in [0.29, 0.717) is 30.8 Å². The number of ether oxygens (including phenoxy) is 4. The molecule has 2 heterocycles. The van der Waals surface area contributed by atoms with Crippen molar-refractivity contribution >= 4 is 46.1 Å². The molecule has 0 spiro atoms. The van der Waals surface area contributed by atoms with Gasteiger partial charge in [-0.2, -0.15) is 3.89 Å². The molecule has 0 saturated carbocycles. The minimum absolute atomic E-state index is 0. The van der Waals surface area contributed by atoms with Crippen molar-refractivity contribution in [2.75, 3.05) is 33.7 Å². The maximum absolute atomic E-state index is 11.0. The molecule has 0 bridgehead atoms. The number of carbonyl (C=O) groups excluding carboxylic acids is 2. The number of hydrogen-bond donors (Lipinski definition) is 1. The van der Waals surface area contributed by atoms with Crippen LogP contribution in [0.3, 0.4) is 0 Å². The summed E-state index contributed by atoms with van der Waals surface area (Å²) in [5.41, 5.74) is 0.712. The number of hydrogen-bond acceptors (Lipinski definition) is 12. The summed E-state index contributed by atoms with van der Waals surface area (Å²) in [6.45, 7) is 7.49. The topological polar surface area (TPSA) is 158 Å². The Morgan fingerprint density at radius 1 is 0.971 bits per heavy atom. The standard InChI is InChI=1S/C10H12N2O3.C5H5BrN2O.C5H8O2.CH3FS.H3N/c1-3-15-9(13)5-4-8-6-11-10(14-2)12-7-8;1-9-5-7-2-4(6)3-8-5;1-3-5(6)7-4-2;1-3-2;/h4-7H,3H2,1-2H3;2-3H,1H3;3H,1,4H2,2H3;1H3;1H3/b5-4+;;;;. The van der Waals surface area contributed by atoms with E-state index in [1.807, 2.05) is 0 Å². The number of carbonyl (C=O) groups is 2. The Bertz CT molecular complexity index is 845. The lowest BCUT2D eigenvalue weighted by atomic mass is 10.3. The molecule has 0 atom stereocenters. The van der Waals surface area contributed by atoms with Gasteiger partial charge in [-0.05, 0) is 35.9 Å². The van der Waals surface area contributed by atoms with Crippen molar-refractivity contribution in [2.24, 2.45) is 0 Å². The molecule has 2 rings (SSSR count). The first-order chi connectivity index (χ1) is 16.3. The molecule has 0 aliphatic rings. The number of aromatic nitrogens is 4. The van der Waals surface area contributed by atoms with Crippen molar-refractivity contribution in [3.8, 4) is 12.0 Å². The van der Waals surface area contributed by atoms with Crippen LogP contribution in [0.2, 0.25) is 0 Å². The van der Waals surface area contributed by atoms with Crippen LogP contribution in [-0.4, -0.2) is 65.6 Å². The third-order valence-corrected chi connectivity index (χ3v) is 3.17. The van der Waals surface area contributed by atoms with Gasteiger partial charge in [0.25, 0.3) is 0 Å². The fraction of sp³-hybridized carbons (Fsp3) is 0.333. The fourth-order valence-corrected chi connectivity index (χ4v) is 1.68. The van der Waals surface area contributed by atoms with E-state index in [1.165, 1.54) is 26.6 Å². The molecule has 2 aromatic rings. The summed E-state index contributed by atoms with van der Waals surface area (Å²) >= 11 is 3.44. The minimum atomic E-state index is -0.381.